The summed E-state index contributed by atoms with van der Waals surface area (Å²) in [6, 6.07) is 20.8. The van der Waals surface area contributed by atoms with E-state index < -0.39 is 5.79 Å². The Morgan fingerprint density at radius 3 is 2.46 bits per heavy atom. The van der Waals surface area contributed by atoms with E-state index in [4.69, 9.17) is 9.47 Å². The zero-order valence-corrected chi connectivity index (χ0v) is 14.4. The summed E-state index contributed by atoms with van der Waals surface area (Å²) in [5, 5.41) is 3.51. The molecule has 2 aromatic carbocycles. The van der Waals surface area contributed by atoms with E-state index in [0.29, 0.717) is 0 Å². The Labute approximate surface area is 145 Å². The first kappa shape index (κ1) is 17.2. The molecule has 3 heteroatoms. The van der Waals surface area contributed by atoms with E-state index in [0.717, 1.165) is 44.5 Å². The van der Waals surface area contributed by atoms with Crippen LogP contribution in [0.25, 0.3) is 0 Å². The van der Waals surface area contributed by atoms with Crippen molar-refractivity contribution in [2.75, 3.05) is 13.2 Å². The van der Waals surface area contributed by atoms with Gasteiger partial charge in [0.25, 0.3) is 0 Å². The predicted octanol–water partition coefficient (Wildman–Crippen LogP) is 4.23. The second-order valence-corrected chi connectivity index (χ2v) is 6.30. The number of rotatable bonds is 7. The summed E-state index contributed by atoms with van der Waals surface area (Å²) in [4.78, 5) is 0. The first-order chi connectivity index (χ1) is 11.8. The van der Waals surface area contributed by atoms with Crippen LogP contribution in [0.5, 0.6) is 0 Å². The van der Waals surface area contributed by atoms with E-state index in [-0.39, 0.29) is 6.10 Å². The highest BCUT2D eigenvalue weighted by molar-refractivity contribution is 5.20. The van der Waals surface area contributed by atoms with Crippen LogP contribution in [0.2, 0.25) is 0 Å². The lowest BCUT2D eigenvalue weighted by molar-refractivity contribution is -0.305. The van der Waals surface area contributed by atoms with Gasteiger partial charge in [0.1, 0.15) is 0 Å². The molecule has 0 radical (unpaired) electrons. The lowest BCUT2D eigenvalue weighted by Crippen LogP contribution is -2.42. The number of hydrogen-bond donors (Lipinski definition) is 1. The smallest absolute Gasteiger partial charge is 0.194 e. The molecule has 2 aromatic rings. The molecule has 0 amide bonds. The largest absolute Gasteiger partial charge is 0.346 e. The molecular weight excluding hydrogens is 298 g/mol. The van der Waals surface area contributed by atoms with Gasteiger partial charge in [0.15, 0.2) is 5.79 Å². The minimum Gasteiger partial charge on any atom is -0.346 e. The highest BCUT2D eigenvalue weighted by Crippen LogP contribution is 2.36. The standard InChI is InChI=1S/C21H27NO2/c1-2-21(19-11-7-4-8-12-19)23-16-14-20(24-21)13-15-22-17-18-9-5-3-6-10-18/h3-12,20,22H,2,13-17H2,1H3/t20-,21-/m0/s1. The molecule has 3 nitrogen and oxygen atoms in total. The second-order valence-electron chi connectivity index (χ2n) is 6.30. The molecule has 2 atom stereocenters. The van der Waals surface area contributed by atoms with Gasteiger partial charge in [0.05, 0.1) is 12.7 Å². The van der Waals surface area contributed by atoms with E-state index >= 15 is 0 Å². The van der Waals surface area contributed by atoms with E-state index in [1.54, 1.807) is 0 Å². The summed E-state index contributed by atoms with van der Waals surface area (Å²) >= 11 is 0. The molecule has 0 spiro atoms. The highest BCUT2D eigenvalue weighted by Gasteiger charge is 2.38. The summed E-state index contributed by atoms with van der Waals surface area (Å²) in [5.74, 6) is -0.580. The van der Waals surface area contributed by atoms with Gasteiger partial charge < -0.3 is 14.8 Å². The maximum absolute atomic E-state index is 6.40. The minimum absolute atomic E-state index is 0.238. The molecule has 3 rings (SSSR count). The van der Waals surface area contributed by atoms with Crippen molar-refractivity contribution in [2.45, 2.75) is 44.6 Å². The molecule has 0 aliphatic carbocycles. The van der Waals surface area contributed by atoms with E-state index in [9.17, 15) is 0 Å². The third-order valence-electron chi connectivity index (χ3n) is 4.63. The third-order valence-corrected chi connectivity index (χ3v) is 4.63. The molecule has 0 aromatic heterocycles. The predicted molar refractivity (Wildman–Crippen MR) is 96.6 cm³/mol. The van der Waals surface area contributed by atoms with Crippen LogP contribution in [0.3, 0.4) is 0 Å². The molecule has 24 heavy (non-hydrogen) atoms. The molecule has 0 bridgehead atoms. The lowest BCUT2D eigenvalue weighted by atomic mass is 10.0. The summed E-state index contributed by atoms with van der Waals surface area (Å²) < 4.78 is 12.5. The normalized spacial score (nSPS) is 24.0. The van der Waals surface area contributed by atoms with Gasteiger partial charge in [0.2, 0.25) is 0 Å². The van der Waals surface area contributed by atoms with E-state index in [1.165, 1.54) is 5.56 Å². The van der Waals surface area contributed by atoms with Crippen molar-refractivity contribution in [1.82, 2.24) is 5.32 Å². The fourth-order valence-electron chi connectivity index (χ4n) is 3.25. The van der Waals surface area contributed by atoms with Gasteiger partial charge in [-0.15, -0.1) is 0 Å². The zero-order valence-electron chi connectivity index (χ0n) is 14.4. The fraction of sp³-hybridized carbons (Fsp3) is 0.429. The quantitative estimate of drug-likeness (QED) is 0.773. The Hall–Kier alpha value is -1.68. The molecule has 1 aliphatic rings. The van der Waals surface area contributed by atoms with Gasteiger partial charge in [-0.25, -0.2) is 0 Å². The van der Waals surface area contributed by atoms with Gasteiger partial charge in [-0.2, -0.15) is 0 Å². The Morgan fingerprint density at radius 1 is 1.04 bits per heavy atom. The van der Waals surface area contributed by atoms with Crippen molar-refractivity contribution in [3.05, 3.63) is 71.8 Å². The molecule has 1 fully saturated rings. The van der Waals surface area contributed by atoms with Crippen LogP contribution >= 0.6 is 0 Å². The monoisotopic (exact) mass is 325 g/mol. The highest BCUT2D eigenvalue weighted by atomic mass is 16.7. The molecule has 0 unspecified atom stereocenters. The number of nitrogens with one attached hydrogen (secondary N) is 1. The van der Waals surface area contributed by atoms with Crippen molar-refractivity contribution in [1.29, 1.82) is 0 Å². The van der Waals surface area contributed by atoms with Crippen LogP contribution in [0.4, 0.5) is 0 Å². The molecule has 1 saturated heterocycles. The van der Waals surface area contributed by atoms with Crippen LogP contribution in [-0.2, 0) is 21.8 Å². The summed E-state index contributed by atoms with van der Waals surface area (Å²) in [6.07, 6.45) is 3.03. The molecule has 1 N–H and O–H groups in total. The van der Waals surface area contributed by atoms with Gasteiger partial charge in [-0.3, -0.25) is 0 Å². The first-order valence-electron chi connectivity index (χ1n) is 8.94. The maximum Gasteiger partial charge on any atom is 0.194 e. The third kappa shape index (κ3) is 4.23. The average molecular weight is 325 g/mol. The van der Waals surface area contributed by atoms with Gasteiger partial charge in [-0.1, -0.05) is 67.6 Å². The van der Waals surface area contributed by atoms with Gasteiger partial charge in [-0.05, 0) is 24.9 Å². The number of ether oxygens (including phenoxy) is 2. The molecule has 1 heterocycles. The van der Waals surface area contributed by atoms with Crippen molar-refractivity contribution in [2.24, 2.45) is 0 Å². The van der Waals surface area contributed by atoms with Crippen molar-refractivity contribution < 1.29 is 9.47 Å². The topological polar surface area (TPSA) is 30.5 Å². The molecule has 128 valence electrons. The number of benzene rings is 2. The summed E-state index contributed by atoms with van der Waals surface area (Å²) in [7, 11) is 0. The Bertz CT molecular complexity index is 602. The maximum atomic E-state index is 6.40. The second kappa shape index (κ2) is 8.43. The lowest BCUT2D eigenvalue weighted by Gasteiger charge is -2.41. The van der Waals surface area contributed by atoms with Crippen LogP contribution in [-0.4, -0.2) is 19.3 Å². The Morgan fingerprint density at radius 2 is 1.75 bits per heavy atom. The molecule has 1 aliphatic heterocycles. The van der Waals surface area contributed by atoms with Gasteiger partial charge >= 0.3 is 0 Å². The first-order valence-corrected chi connectivity index (χ1v) is 8.94. The summed E-state index contributed by atoms with van der Waals surface area (Å²) in [6.45, 7) is 4.74. The minimum atomic E-state index is -0.580. The Kier molecular flexibility index (Phi) is 6.02. The van der Waals surface area contributed by atoms with E-state index in [1.807, 2.05) is 24.3 Å². The van der Waals surface area contributed by atoms with Crippen LogP contribution in [0.1, 0.15) is 37.3 Å². The fourth-order valence-corrected chi connectivity index (χ4v) is 3.25. The van der Waals surface area contributed by atoms with Gasteiger partial charge in [0, 0.05) is 18.5 Å². The van der Waals surface area contributed by atoms with Crippen molar-refractivity contribution in [3.8, 4) is 0 Å². The zero-order chi connectivity index (χ0) is 16.7. The number of hydrogen-bond acceptors (Lipinski definition) is 3. The average Bonchev–Trinajstić information content (AvgIpc) is 2.67. The Balaban J connectivity index is 1.51. The van der Waals surface area contributed by atoms with Crippen molar-refractivity contribution in [3.63, 3.8) is 0 Å². The van der Waals surface area contributed by atoms with Crippen molar-refractivity contribution >= 4 is 0 Å². The molecule has 0 saturated carbocycles. The molecular formula is C21H27NO2. The van der Waals surface area contributed by atoms with Crippen LogP contribution < -0.4 is 5.32 Å². The van der Waals surface area contributed by atoms with Crippen LogP contribution in [0.15, 0.2) is 60.7 Å². The summed E-state index contributed by atoms with van der Waals surface area (Å²) in [5.41, 5.74) is 2.44. The van der Waals surface area contributed by atoms with E-state index in [2.05, 4.69) is 48.6 Å². The van der Waals surface area contributed by atoms with Crippen LogP contribution in [0, 0.1) is 0 Å². The SMILES string of the molecule is CC[C@]1(c2ccccc2)OCC[C@H](CCNCc2ccccc2)O1.